The van der Waals surface area contributed by atoms with E-state index in [-0.39, 0.29) is 23.0 Å². The summed E-state index contributed by atoms with van der Waals surface area (Å²) in [5, 5.41) is 2.83. The van der Waals surface area contributed by atoms with Crippen molar-refractivity contribution in [3.63, 3.8) is 0 Å². The Kier molecular flexibility index (Phi) is 3.28. The highest BCUT2D eigenvalue weighted by molar-refractivity contribution is 5.82. The van der Waals surface area contributed by atoms with E-state index >= 15 is 0 Å². The summed E-state index contributed by atoms with van der Waals surface area (Å²) < 4.78 is 18.3. The fourth-order valence-electron chi connectivity index (χ4n) is 2.05. The molecule has 1 unspecified atom stereocenters. The predicted molar refractivity (Wildman–Crippen MR) is 66.7 cm³/mol. The molecule has 1 aliphatic carbocycles. The number of rotatable bonds is 4. The average Bonchev–Trinajstić information content (AvgIpc) is 2.96. The van der Waals surface area contributed by atoms with Crippen LogP contribution in [0.2, 0.25) is 0 Å². The molecule has 3 nitrogen and oxygen atoms in total. The van der Waals surface area contributed by atoms with E-state index < -0.39 is 5.82 Å². The molecule has 2 rings (SSSR count). The first kappa shape index (κ1) is 12.9. The molecule has 1 amide bonds. The Morgan fingerprint density at radius 2 is 2.22 bits per heavy atom. The van der Waals surface area contributed by atoms with E-state index in [1.165, 1.54) is 13.2 Å². The lowest BCUT2D eigenvalue weighted by Gasteiger charge is -2.08. The number of carbonyl (C=O) groups is 1. The monoisotopic (exact) mass is 251 g/mol. The molecule has 0 aromatic heterocycles. The van der Waals surface area contributed by atoms with Crippen LogP contribution in [-0.4, -0.2) is 13.0 Å². The first-order valence-electron chi connectivity index (χ1n) is 6.04. The van der Waals surface area contributed by atoms with E-state index in [1.807, 2.05) is 0 Å². The number of hydrogen-bond donors (Lipinski definition) is 1. The molecule has 0 aliphatic heterocycles. The van der Waals surface area contributed by atoms with Gasteiger partial charge in [0.2, 0.25) is 5.91 Å². The maximum atomic E-state index is 13.4. The Morgan fingerprint density at radius 3 is 2.72 bits per heavy atom. The molecule has 0 heterocycles. The summed E-state index contributed by atoms with van der Waals surface area (Å²) in [6, 6.07) is 4.70. The van der Waals surface area contributed by atoms with Crippen LogP contribution in [0.25, 0.3) is 0 Å². The number of methoxy groups -OCH3 is 1. The van der Waals surface area contributed by atoms with Crippen molar-refractivity contribution >= 4 is 5.91 Å². The quantitative estimate of drug-likeness (QED) is 0.892. The SMILES string of the molecule is COc1ccc(CNC(=O)C2CC2(C)C)cc1F. The van der Waals surface area contributed by atoms with E-state index in [0.29, 0.717) is 6.54 Å². The van der Waals surface area contributed by atoms with Crippen molar-refractivity contribution in [2.45, 2.75) is 26.8 Å². The van der Waals surface area contributed by atoms with Crippen LogP contribution in [0.5, 0.6) is 5.75 Å². The van der Waals surface area contributed by atoms with Crippen molar-refractivity contribution in [1.82, 2.24) is 5.32 Å². The topological polar surface area (TPSA) is 38.3 Å². The number of hydrogen-bond acceptors (Lipinski definition) is 2. The summed E-state index contributed by atoms with van der Waals surface area (Å²) in [5.41, 5.74) is 0.856. The van der Waals surface area contributed by atoms with Gasteiger partial charge < -0.3 is 10.1 Å². The second-order valence-electron chi connectivity index (χ2n) is 5.43. The number of ether oxygens (including phenoxy) is 1. The van der Waals surface area contributed by atoms with Gasteiger partial charge in [-0.05, 0) is 29.5 Å². The second kappa shape index (κ2) is 4.59. The van der Waals surface area contributed by atoms with Crippen molar-refractivity contribution in [3.8, 4) is 5.75 Å². The zero-order valence-electron chi connectivity index (χ0n) is 10.9. The number of halogens is 1. The summed E-state index contributed by atoms with van der Waals surface area (Å²) in [6.07, 6.45) is 0.926. The largest absolute Gasteiger partial charge is 0.494 e. The Balaban J connectivity index is 1.91. The fraction of sp³-hybridized carbons (Fsp3) is 0.500. The average molecular weight is 251 g/mol. The van der Waals surface area contributed by atoms with Crippen molar-refractivity contribution in [3.05, 3.63) is 29.6 Å². The van der Waals surface area contributed by atoms with Gasteiger partial charge in [-0.25, -0.2) is 4.39 Å². The lowest BCUT2D eigenvalue weighted by Crippen LogP contribution is -2.26. The van der Waals surface area contributed by atoms with E-state index in [4.69, 9.17) is 4.74 Å². The lowest BCUT2D eigenvalue weighted by atomic mass is 10.1. The van der Waals surface area contributed by atoms with Gasteiger partial charge in [0.15, 0.2) is 11.6 Å². The highest BCUT2D eigenvalue weighted by Gasteiger charge is 2.50. The van der Waals surface area contributed by atoms with Crippen molar-refractivity contribution in [2.24, 2.45) is 11.3 Å². The molecule has 0 bridgehead atoms. The summed E-state index contributed by atoms with van der Waals surface area (Å²) in [5.74, 6) is -0.0405. The number of nitrogens with one attached hydrogen (secondary N) is 1. The molecule has 1 aromatic rings. The Morgan fingerprint density at radius 1 is 1.56 bits per heavy atom. The molecule has 0 saturated heterocycles. The van der Waals surface area contributed by atoms with Crippen LogP contribution in [0.3, 0.4) is 0 Å². The smallest absolute Gasteiger partial charge is 0.223 e. The highest BCUT2D eigenvalue weighted by Crippen LogP contribution is 2.51. The molecule has 0 radical (unpaired) electrons. The maximum Gasteiger partial charge on any atom is 0.223 e. The molecule has 98 valence electrons. The third kappa shape index (κ3) is 2.63. The zero-order valence-corrected chi connectivity index (χ0v) is 10.9. The number of benzene rings is 1. The Bertz CT molecular complexity index is 471. The van der Waals surface area contributed by atoms with E-state index in [1.54, 1.807) is 12.1 Å². The van der Waals surface area contributed by atoms with E-state index in [9.17, 15) is 9.18 Å². The highest BCUT2D eigenvalue weighted by atomic mass is 19.1. The molecule has 1 saturated carbocycles. The minimum Gasteiger partial charge on any atom is -0.494 e. The van der Waals surface area contributed by atoms with Crippen LogP contribution in [0, 0.1) is 17.2 Å². The standard InChI is InChI=1S/C14H18FNO2/c1-14(2)7-10(14)13(17)16-8-9-4-5-12(18-3)11(15)6-9/h4-6,10H,7-8H2,1-3H3,(H,16,17). The molecule has 1 atom stereocenters. The molecule has 1 aliphatic rings. The minimum absolute atomic E-state index is 0.0521. The lowest BCUT2D eigenvalue weighted by molar-refractivity contribution is -0.123. The Hall–Kier alpha value is -1.58. The van der Waals surface area contributed by atoms with Crippen LogP contribution < -0.4 is 10.1 Å². The van der Waals surface area contributed by atoms with Crippen LogP contribution >= 0.6 is 0 Å². The van der Waals surface area contributed by atoms with Gasteiger partial charge in [-0.2, -0.15) is 0 Å². The van der Waals surface area contributed by atoms with Crippen LogP contribution in [-0.2, 0) is 11.3 Å². The summed E-state index contributed by atoms with van der Waals surface area (Å²) in [4.78, 5) is 11.8. The van der Waals surface area contributed by atoms with Crippen LogP contribution in [0.4, 0.5) is 4.39 Å². The van der Waals surface area contributed by atoms with Gasteiger partial charge in [0.05, 0.1) is 7.11 Å². The van der Waals surface area contributed by atoms with Gasteiger partial charge in [0, 0.05) is 12.5 Å². The molecule has 1 N–H and O–H groups in total. The predicted octanol–water partition coefficient (Wildman–Crippen LogP) is 2.50. The molecule has 1 fully saturated rings. The zero-order chi connectivity index (χ0) is 13.3. The molecular formula is C14H18FNO2. The van der Waals surface area contributed by atoms with Crippen molar-refractivity contribution in [1.29, 1.82) is 0 Å². The summed E-state index contributed by atoms with van der Waals surface area (Å²) >= 11 is 0. The maximum absolute atomic E-state index is 13.4. The second-order valence-corrected chi connectivity index (χ2v) is 5.43. The third-order valence-electron chi connectivity index (χ3n) is 3.51. The first-order valence-corrected chi connectivity index (χ1v) is 6.04. The Labute approximate surface area is 106 Å². The summed E-state index contributed by atoms with van der Waals surface area (Å²) in [7, 11) is 1.43. The van der Waals surface area contributed by atoms with E-state index in [2.05, 4.69) is 19.2 Å². The third-order valence-corrected chi connectivity index (χ3v) is 3.51. The van der Waals surface area contributed by atoms with Gasteiger partial charge in [-0.3, -0.25) is 4.79 Å². The molecular weight excluding hydrogens is 233 g/mol. The van der Waals surface area contributed by atoms with Crippen LogP contribution in [0.1, 0.15) is 25.8 Å². The van der Waals surface area contributed by atoms with Gasteiger partial charge in [0.1, 0.15) is 0 Å². The van der Waals surface area contributed by atoms with Crippen molar-refractivity contribution in [2.75, 3.05) is 7.11 Å². The molecule has 0 spiro atoms. The number of amides is 1. The van der Waals surface area contributed by atoms with Crippen molar-refractivity contribution < 1.29 is 13.9 Å². The minimum atomic E-state index is -0.406. The van der Waals surface area contributed by atoms with Crippen LogP contribution in [0.15, 0.2) is 18.2 Å². The first-order chi connectivity index (χ1) is 8.44. The van der Waals surface area contributed by atoms with Gasteiger partial charge in [-0.15, -0.1) is 0 Å². The summed E-state index contributed by atoms with van der Waals surface area (Å²) in [6.45, 7) is 4.50. The molecule has 1 aromatic carbocycles. The van der Waals surface area contributed by atoms with E-state index in [0.717, 1.165) is 12.0 Å². The van der Waals surface area contributed by atoms with Gasteiger partial charge in [-0.1, -0.05) is 19.9 Å². The normalized spacial score (nSPS) is 20.3. The number of carbonyl (C=O) groups excluding carboxylic acids is 1. The fourth-order valence-corrected chi connectivity index (χ4v) is 2.05. The van der Waals surface area contributed by atoms with Gasteiger partial charge in [0.25, 0.3) is 0 Å². The molecule has 18 heavy (non-hydrogen) atoms. The van der Waals surface area contributed by atoms with Gasteiger partial charge >= 0.3 is 0 Å². The molecule has 4 heteroatoms.